The molecule has 0 bridgehead atoms. The van der Waals surface area contributed by atoms with Crippen LogP contribution in [-0.2, 0) is 0 Å². The summed E-state index contributed by atoms with van der Waals surface area (Å²) in [6.45, 7) is 7.91. The first kappa shape index (κ1) is 16.3. The van der Waals surface area contributed by atoms with E-state index in [2.05, 4.69) is 0 Å². The molecule has 0 aliphatic heterocycles. The van der Waals surface area contributed by atoms with Crippen molar-refractivity contribution >= 4 is 28.7 Å². The van der Waals surface area contributed by atoms with Gasteiger partial charge in [-0.3, -0.25) is 0 Å². The molecule has 0 spiro atoms. The molecule has 0 amide bonds. The van der Waals surface area contributed by atoms with Gasteiger partial charge in [-0.05, 0) is 36.5 Å². The van der Waals surface area contributed by atoms with Gasteiger partial charge in [0.2, 0.25) is 0 Å². The summed E-state index contributed by atoms with van der Waals surface area (Å²) in [6, 6.07) is 3.87. The summed E-state index contributed by atoms with van der Waals surface area (Å²) in [5.41, 5.74) is 1.38. The number of fused-ring (bicyclic) bond motifs is 3. The molecule has 3 heteroatoms. The summed E-state index contributed by atoms with van der Waals surface area (Å²) in [5.74, 6) is 0.117. The molecule has 24 heavy (non-hydrogen) atoms. The van der Waals surface area contributed by atoms with Crippen LogP contribution in [0.3, 0.4) is 0 Å². The average molecular weight is 322 g/mol. The van der Waals surface area contributed by atoms with Gasteiger partial charge in [-0.25, -0.2) is 4.79 Å². The van der Waals surface area contributed by atoms with Gasteiger partial charge in [-0.15, -0.1) is 0 Å². The second kappa shape index (κ2) is 5.82. The van der Waals surface area contributed by atoms with Crippen LogP contribution in [0.4, 0.5) is 0 Å². The number of aryl methyl sites for hydroxylation is 1. The van der Waals surface area contributed by atoms with Crippen molar-refractivity contribution in [2.45, 2.75) is 34.1 Å². The molecule has 124 valence electrons. The minimum atomic E-state index is -0.414. The molecule has 1 heterocycles. The third kappa shape index (κ3) is 2.94. The molecular formula is C21H22O3. The van der Waals surface area contributed by atoms with E-state index in [0.29, 0.717) is 16.4 Å². The molecule has 1 aromatic heterocycles. The number of hydrogen-bond donors (Lipinski definition) is 1. The van der Waals surface area contributed by atoms with E-state index in [1.54, 1.807) is 6.08 Å². The van der Waals surface area contributed by atoms with Gasteiger partial charge in [0.05, 0.1) is 5.39 Å². The molecule has 2 aromatic rings. The van der Waals surface area contributed by atoms with Crippen LogP contribution >= 0.6 is 0 Å². The number of benzene rings is 1. The van der Waals surface area contributed by atoms with Crippen molar-refractivity contribution in [1.82, 2.24) is 0 Å². The van der Waals surface area contributed by atoms with E-state index in [0.717, 1.165) is 22.6 Å². The Hall–Kier alpha value is -2.55. The molecular weight excluding hydrogens is 300 g/mol. The standard InChI is InChI=1S/C21H22O3/c1-13-10-11-15-14-8-6-5-7-9-17(14)24-20(23)19(15)18(13)16(22)12-21(2,3)4/h5-6,8-12,22H,7H2,1-4H3/b16-12+. The van der Waals surface area contributed by atoms with E-state index >= 15 is 0 Å². The zero-order chi connectivity index (χ0) is 17.5. The van der Waals surface area contributed by atoms with Crippen molar-refractivity contribution in [3.8, 4) is 0 Å². The Labute approximate surface area is 140 Å². The lowest BCUT2D eigenvalue weighted by molar-refractivity contribution is 0.473. The van der Waals surface area contributed by atoms with E-state index < -0.39 is 5.63 Å². The summed E-state index contributed by atoms with van der Waals surface area (Å²) in [6.07, 6.45) is 10.3. The molecule has 0 saturated heterocycles. The normalized spacial score (nSPS) is 14.8. The van der Waals surface area contributed by atoms with Gasteiger partial charge in [0.15, 0.2) is 0 Å². The molecule has 3 nitrogen and oxygen atoms in total. The zero-order valence-corrected chi connectivity index (χ0v) is 14.5. The maximum absolute atomic E-state index is 12.6. The lowest BCUT2D eigenvalue weighted by Gasteiger charge is -2.15. The molecule has 0 unspecified atom stereocenters. The molecule has 1 aromatic carbocycles. The molecule has 1 N–H and O–H groups in total. The summed E-state index contributed by atoms with van der Waals surface area (Å²) in [7, 11) is 0. The fourth-order valence-corrected chi connectivity index (χ4v) is 3.04. The van der Waals surface area contributed by atoms with E-state index in [4.69, 9.17) is 4.42 Å². The van der Waals surface area contributed by atoms with Crippen LogP contribution in [0.15, 0.2) is 39.6 Å². The van der Waals surface area contributed by atoms with Crippen molar-refractivity contribution in [2.24, 2.45) is 5.41 Å². The maximum Gasteiger partial charge on any atom is 0.344 e. The first-order chi connectivity index (χ1) is 11.3. The van der Waals surface area contributed by atoms with Crippen LogP contribution in [-0.4, -0.2) is 5.11 Å². The Morgan fingerprint density at radius 3 is 2.75 bits per heavy atom. The van der Waals surface area contributed by atoms with Crippen molar-refractivity contribution in [3.05, 3.63) is 62.5 Å². The highest BCUT2D eigenvalue weighted by atomic mass is 16.4. The second-order valence-electron chi connectivity index (χ2n) is 7.28. The van der Waals surface area contributed by atoms with Gasteiger partial charge in [0, 0.05) is 16.2 Å². The van der Waals surface area contributed by atoms with Gasteiger partial charge >= 0.3 is 5.63 Å². The van der Waals surface area contributed by atoms with E-state index in [1.165, 1.54) is 0 Å². The third-order valence-electron chi connectivity index (χ3n) is 4.04. The van der Waals surface area contributed by atoms with Gasteiger partial charge in [0.1, 0.15) is 11.2 Å². The average Bonchev–Trinajstić information content (AvgIpc) is 2.70. The number of rotatable bonds is 1. The minimum Gasteiger partial charge on any atom is -0.508 e. The highest BCUT2D eigenvalue weighted by molar-refractivity contribution is 5.93. The highest BCUT2D eigenvalue weighted by Gasteiger charge is 2.17. The predicted molar refractivity (Wildman–Crippen MR) is 99.2 cm³/mol. The summed E-state index contributed by atoms with van der Waals surface area (Å²) in [4.78, 5) is 12.6. The van der Waals surface area contributed by atoms with E-state index in [1.807, 2.05) is 64.1 Å². The number of hydrogen-bond acceptors (Lipinski definition) is 3. The first-order valence-electron chi connectivity index (χ1n) is 8.13. The van der Waals surface area contributed by atoms with Crippen molar-refractivity contribution in [3.63, 3.8) is 0 Å². The smallest absolute Gasteiger partial charge is 0.344 e. The van der Waals surface area contributed by atoms with Crippen molar-refractivity contribution in [2.75, 3.05) is 0 Å². The van der Waals surface area contributed by atoms with E-state index in [9.17, 15) is 9.90 Å². The first-order valence-corrected chi connectivity index (χ1v) is 8.13. The molecule has 3 rings (SSSR count). The Bertz CT molecular complexity index is 1040. The number of allylic oxidation sites excluding steroid dienone is 3. The van der Waals surface area contributed by atoms with E-state index in [-0.39, 0.29) is 11.2 Å². The van der Waals surface area contributed by atoms with Crippen LogP contribution in [0.25, 0.3) is 28.7 Å². The van der Waals surface area contributed by atoms with Gasteiger partial charge in [-0.2, -0.15) is 0 Å². The van der Waals surface area contributed by atoms with Crippen LogP contribution in [0.1, 0.15) is 38.3 Å². The largest absolute Gasteiger partial charge is 0.508 e. The zero-order valence-electron chi connectivity index (χ0n) is 14.5. The molecule has 0 saturated carbocycles. The summed E-state index contributed by atoms with van der Waals surface area (Å²) < 4.78 is 5.55. The number of aliphatic hydroxyl groups excluding tert-OH is 1. The Morgan fingerprint density at radius 1 is 1.29 bits per heavy atom. The Balaban J connectivity index is 2.50. The SMILES string of the molecule is Cc1ccc2c3c(oc(=O)c2c1/C(O)=C\C(C)(C)C)=CCC=CC=3. The fourth-order valence-electron chi connectivity index (χ4n) is 3.04. The van der Waals surface area contributed by atoms with Crippen molar-refractivity contribution in [1.29, 1.82) is 0 Å². The lowest BCUT2D eigenvalue weighted by Crippen LogP contribution is -2.30. The second-order valence-corrected chi connectivity index (χ2v) is 7.28. The van der Waals surface area contributed by atoms with Crippen LogP contribution < -0.4 is 16.3 Å². The van der Waals surface area contributed by atoms with Crippen LogP contribution in [0, 0.1) is 12.3 Å². The molecule has 0 radical (unpaired) electrons. The summed E-state index contributed by atoms with van der Waals surface area (Å²) in [5, 5.41) is 12.8. The maximum atomic E-state index is 12.6. The Kier molecular flexibility index (Phi) is 3.96. The van der Waals surface area contributed by atoms with Crippen LogP contribution in [0.5, 0.6) is 0 Å². The topological polar surface area (TPSA) is 50.4 Å². The molecule has 0 atom stereocenters. The third-order valence-corrected chi connectivity index (χ3v) is 4.04. The van der Waals surface area contributed by atoms with Gasteiger partial charge in [-0.1, -0.05) is 51.1 Å². The highest BCUT2D eigenvalue weighted by Crippen LogP contribution is 2.27. The van der Waals surface area contributed by atoms with Gasteiger partial charge < -0.3 is 9.52 Å². The van der Waals surface area contributed by atoms with Gasteiger partial charge in [0.25, 0.3) is 0 Å². The fraction of sp³-hybridized carbons (Fsp3) is 0.286. The number of aliphatic hydroxyl groups is 1. The summed E-state index contributed by atoms with van der Waals surface area (Å²) >= 11 is 0. The van der Waals surface area contributed by atoms with Crippen molar-refractivity contribution < 1.29 is 9.52 Å². The minimum absolute atomic E-state index is 0.117. The van der Waals surface area contributed by atoms with Crippen LogP contribution in [0.2, 0.25) is 0 Å². The molecule has 1 aliphatic carbocycles. The lowest BCUT2D eigenvalue weighted by atomic mass is 9.91. The quantitative estimate of drug-likeness (QED) is 0.817. The predicted octanol–water partition coefficient (Wildman–Crippen LogP) is 3.57. The Morgan fingerprint density at radius 2 is 2.04 bits per heavy atom. The molecule has 1 aliphatic rings. The monoisotopic (exact) mass is 322 g/mol. The molecule has 0 fully saturated rings.